The first-order valence-electron chi connectivity index (χ1n) is 12.3. The molecule has 0 aliphatic rings. The smallest absolute Gasteiger partial charge is 0.271 e. The molecule has 1 aromatic heterocycles. The van der Waals surface area contributed by atoms with Gasteiger partial charge in [-0.15, -0.1) is 0 Å². The van der Waals surface area contributed by atoms with E-state index in [0.717, 1.165) is 30.4 Å². The molecule has 0 bridgehead atoms. The summed E-state index contributed by atoms with van der Waals surface area (Å²) in [6.45, 7) is 5.28. The Morgan fingerprint density at radius 1 is 1.06 bits per heavy atom. The van der Waals surface area contributed by atoms with Crippen molar-refractivity contribution in [2.24, 2.45) is 5.92 Å². The summed E-state index contributed by atoms with van der Waals surface area (Å²) in [5.41, 5.74) is 2.53. The molecule has 1 aromatic carbocycles. The molecule has 0 radical (unpaired) electrons. The van der Waals surface area contributed by atoms with Crippen LogP contribution in [0.25, 0.3) is 11.3 Å². The zero-order chi connectivity index (χ0) is 26.5. The molecule has 194 valence electrons. The number of hydrogen-bond donors (Lipinski definition) is 3. The number of rotatable bonds is 15. The summed E-state index contributed by atoms with van der Waals surface area (Å²) >= 11 is 0. The van der Waals surface area contributed by atoms with Crippen LogP contribution in [0.4, 0.5) is 0 Å². The summed E-state index contributed by atoms with van der Waals surface area (Å²) in [6.07, 6.45) is 4.31. The highest BCUT2D eigenvalue weighted by molar-refractivity contribution is 5.93. The summed E-state index contributed by atoms with van der Waals surface area (Å²) in [4.78, 5) is 52.3. The molecule has 9 heteroatoms. The zero-order valence-electron chi connectivity index (χ0n) is 21.2. The number of carbonyl (C=O) groups is 4. The van der Waals surface area contributed by atoms with Crippen LogP contribution in [0.1, 0.15) is 68.9 Å². The number of carbonyl (C=O) groups excluding carboxylic acids is 4. The van der Waals surface area contributed by atoms with Crippen molar-refractivity contribution < 1.29 is 24.4 Å². The van der Waals surface area contributed by atoms with E-state index in [1.54, 1.807) is 32.0 Å². The maximum atomic E-state index is 12.9. The number of aromatic nitrogens is 1. The number of Topliss-reactive ketones (excluding diaryl/α,β-unsaturated/α-hetero) is 1. The van der Waals surface area contributed by atoms with E-state index in [2.05, 4.69) is 22.5 Å². The van der Waals surface area contributed by atoms with Gasteiger partial charge in [0.2, 0.25) is 12.3 Å². The van der Waals surface area contributed by atoms with Crippen LogP contribution in [0.2, 0.25) is 0 Å². The fraction of sp³-hybridized carbons (Fsp3) is 0.444. The van der Waals surface area contributed by atoms with Gasteiger partial charge in [-0.1, -0.05) is 63.4 Å². The Balaban J connectivity index is 2.00. The largest absolute Gasteiger partial charge is 0.338 e. The maximum Gasteiger partial charge on any atom is 0.271 e. The van der Waals surface area contributed by atoms with E-state index >= 15 is 0 Å². The number of ketones is 1. The number of nitrogens with one attached hydrogen (secondary N) is 2. The van der Waals surface area contributed by atoms with Gasteiger partial charge in [-0.05, 0) is 37.5 Å². The molecule has 0 spiro atoms. The molecule has 0 aliphatic carbocycles. The van der Waals surface area contributed by atoms with Gasteiger partial charge in [-0.25, -0.2) is 10.0 Å². The molecular weight excluding hydrogens is 460 g/mol. The topological polar surface area (TPSA) is 129 Å². The summed E-state index contributed by atoms with van der Waals surface area (Å²) in [7, 11) is 0. The van der Waals surface area contributed by atoms with Crippen molar-refractivity contribution in [3.63, 3.8) is 0 Å². The zero-order valence-corrected chi connectivity index (χ0v) is 21.2. The lowest BCUT2D eigenvalue weighted by Crippen LogP contribution is -2.47. The van der Waals surface area contributed by atoms with Gasteiger partial charge in [0.1, 0.15) is 11.5 Å². The predicted octanol–water partition coefficient (Wildman–Crippen LogP) is 3.51. The van der Waals surface area contributed by atoms with Crippen LogP contribution < -0.4 is 10.6 Å². The standard InChI is InChI=1S/C27H36N4O5/c1-4-6-7-9-22(25(5-2)31(36)18-32)26(34)28-17-29-27(35)24-11-8-10-23(30-24)21-14-12-20(13-15-21)16-19(3)33/h8,10-15,18,22,25,36H,4-7,9,16-17H2,1-3H3,(H,28,34)(H,29,35)/t22-,25-/m1/s1. The molecule has 0 fully saturated rings. The predicted molar refractivity (Wildman–Crippen MR) is 136 cm³/mol. The van der Waals surface area contributed by atoms with Gasteiger partial charge < -0.3 is 10.6 Å². The van der Waals surface area contributed by atoms with Crippen molar-refractivity contribution in [2.75, 3.05) is 6.67 Å². The van der Waals surface area contributed by atoms with Crippen LogP contribution in [0, 0.1) is 5.92 Å². The van der Waals surface area contributed by atoms with Crippen LogP contribution in [0.5, 0.6) is 0 Å². The third kappa shape index (κ3) is 8.57. The highest BCUT2D eigenvalue weighted by atomic mass is 16.5. The number of pyridine rings is 1. The molecule has 2 rings (SSSR count). The molecule has 1 heterocycles. The monoisotopic (exact) mass is 496 g/mol. The second kappa shape index (κ2) is 14.7. The Morgan fingerprint density at radius 3 is 2.39 bits per heavy atom. The quantitative estimate of drug-likeness (QED) is 0.114. The van der Waals surface area contributed by atoms with Crippen LogP contribution in [0.3, 0.4) is 0 Å². The molecule has 0 aliphatic heterocycles. The second-order valence-corrected chi connectivity index (χ2v) is 8.77. The minimum absolute atomic E-state index is 0.0848. The first-order chi connectivity index (χ1) is 17.3. The molecule has 0 unspecified atom stereocenters. The van der Waals surface area contributed by atoms with Crippen molar-refractivity contribution in [1.29, 1.82) is 0 Å². The van der Waals surface area contributed by atoms with Crippen LogP contribution in [0.15, 0.2) is 42.5 Å². The van der Waals surface area contributed by atoms with E-state index in [9.17, 15) is 24.4 Å². The first-order valence-corrected chi connectivity index (χ1v) is 12.3. The Labute approximate surface area is 212 Å². The average molecular weight is 497 g/mol. The normalized spacial score (nSPS) is 12.3. The molecular formula is C27H36N4O5. The van der Waals surface area contributed by atoms with Gasteiger partial charge in [0, 0.05) is 12.0 Å². The fourth-order valence-corrected chi connectivity index (χ4v) is 4.08. The Morgan fingerprint density at radius 2 is 1.78 bits per heavy atom. The Kier molecular flexibility index (Phi) is 11.7. The molecule has 2 aromatic rings. The molecule has 0 saturated heterocycles. The van der Waals surface area contributed by atoms with Gasteiger partial charge >= 0.3 is 0 Å². The van der Waals surface area contributed by atoms with Gasteiger partial charge in [-0.2, -0.15) is 0 Å². The minimum atomic E-state index is -0.643. The van der Waals surface area contributed by atoms with Gasteiger partial charge in [-0.3, -0.25) is 24.4 Å². The molecule has 0 saturated carbocycles. The molecule has 3 amide bonds. The van der Waals surface area contributed by atoms with Crippen molar-refractivity contribution in [3.8, 4) is 11.3 Å². The third-order valence-electron chi connectivity index (χ3n) is 5.98. The number of unbranched alkanes of at least 4 members (excludes halogenated alkanes) is 2. The molecule has 9 nitrogen and oxygen atoms in total. The fourth-order valence-electron chi connectivity index (χ4n) is 4.08. The summed E-state index contributed by atoms with van der Waals surface area (Å²) in [5.74, 6) is -1.30. The lowest BCUT2D eigenvalue weighted by atomic mass is 9.90. The molecule has 36 heavy (non-hydrogen) atoms. The van der Waals surface area contributed by atoms with E-state index in [1.807, 2.05) is 24.3 Å². The summed E-state index contributed by atoms with van der Waals surface area (Å²) < 4.78 is 0. The number of benzene rings is 1. The average Bonchev–Trinajstić information content (AvgIpc) is 2.88. The lowest BCUT2D eigenvalue weighted by Gasteiger charge is -2.29. The van der Waals surface area contributed by atoms with E-state index < -0.39 is 17.9 Å². The van der Waals surface area contributed by atoms with Crippen LogP contribution in [-0.4, -0.2) is 52.0 Å². The minimum Gasteiger partial charge on any atom is -0.338 e. The number of hydroxylamine groups is 2. The van der Waals surface area contributed by atoms with Crippen molar-refractivity contribution in [1.82, 2.24) is 20.7 Å². The van der Waals surface area contributed by atoms with Crippen molar-refractivity contribution in [2.45, 2.75) is 65.3 Å². The van der Waals surface area contributed by atoms with E-state index in [1.165, 1.54) is 0 Å². The maximum absolute atomic E-state index is 12.9. The third-order valence-corrected chi connectivity index (χ3v) is 5.98. The van der Waals surface area contributed by atoms with Gasteiger partial charge in [0.25, 0.3) is 5.91 Å². The van der Waals surface area contributed by atoms with Crippen molar-refractivity contribution in [3.05, 3.63) is 53.7 Å². The summed E-state index contributed by atoms with van der Waals surface area (Å²) in [6, 6.07) is 11.9. The van der Waals surface area contributed by atoms with Crippen LogP contribution >= 0.6 is 0 Å². The van der Waals surface area contributed by atoms with E-state index in [0.29, 0.717) is 36.4 Å². The molecule has 2 atom stereocenters. The van der Waals surface area contributed by atoms with Gasteiger partial charge in [0.05, 0.1) is 24.3 Å². The number of amides is 3. The van der Waals surface area contributed by atoms with Gasteiger partial charge in [0.15, 0.2) is 0 Å². The van der Waals surface area contributed by atoms with E-state index in [-0.39, 0.29) is 24.1 Å². The summed E-state index contributed by atoms with van der Waals surface area (Å²) in [5, 5.41) is 15.8. The number of hydrogen-bond acceptors (Lipinski definition) is 6. The number of nitrogens with zero attached hydrogens (tertiary/aromatic N) is 2. The first kappa shape index (κ1) is 28.6. The highest BCUT2D eigenvalue weighted by Gasteiger charge is 2.30. The van der Waals surface area contributed by atoms with E-state index in [4.69, 9.17) is 0 Å². The Hall–Kier alpha value is -3.59. The highest BCUT2D eigenvalue weighted by Crippen LogP contribution is 2.21. The Bertz CT molecular complexity index is 1030. The van der Waals surface area contributed by atoms with Crippen molar-refractivity contribution >= 4 is 24.0 Å². The second-order valence-electron chi connectivity index (χ2n) is 8.77. The molecule has 3 N–H and O–H groups in total. The lowest BCUT2D eigenvalue weighted by molar-refractivity contribution is -0.168. The van der Waals surface area contributed by atoms with Crippen LogP contribution in [-0.2, 0) is 20.8 Å². The SMILES string of the molecule is CCCCC[C@@H](C(=O)NCNC(=O)c1cccc(-c2ccc(CC(C)=O)cc2)n1)[C@@H](CC)N(O)C=O.